The first-order valence-electron chi connectivity index (χ1n) is 7.34. The molecule has 0 amide bonds. The largest absolute Gasteiger partial charge is 0.384 e. The molecule has 4 rings (SSSR count). The van der Waals surface area contributed by atoms with Gasteiger partial charge in [-0.05, 0) is 29.3 Å². The van der Waals surface area contributed by atoms with Crippen LogP contribution in [0.25, 0.3) is 21.8 Å². The van der Waals surface area contributed by atoms with Gasteiger partial charge in [0.05, 0.1) is 11.0 Å². The van der Waals surface area contributed by atoms with Crippen LogP contribution in [0, 0.1) is 0 Å². The second kappa shape index (κ2) is 5.24. The van der Waals surface area contributed by atoms with Gasteiger partial charge in [0, 0.05) is 10.8 Å². The van der Waals surface area contributed by atoms with Crippen LogP contribution in [0.2, 0.25) is 0 Å². The Kier molecular flexibility index (Phi) is 3.10. The average Bonchev–Trinajstić information content (AvgIpc) is 2.59. The van der Waals surface area contributed by atoms with Gasteiger partial charge in [0.1, 0.15) is 6.10 Å². The van der Waals surface area contributed by atoms with Crippen LogP contribution in [0.15, 0.2) is 78.9 Å². The van der Waals surface area contributed by atoms with Crippen LogP contribution >= 0.6 is 0 Å². The molecule has 0 aliphatic rings. The average molecular weight is 285 g/mol. The molecular formula is C20H15NO. The number of pyridine rings is 1. The molecule has 1 heterocycles. The van der Waals surface area contributed by atoms with Gasteiger partial charge in [0.25, 0.3) is 0 Å². The summed E-state index contributed by atoms with van der Waals surface area (Å²) in [5, 5.41) is 12.8. The summed E-state index contributed by atoms with van der Waals surface area (Å²) < 4.78 is 0. The Hall–Kier alpha value is -2.71. The number of nitrogens with zero attached hydrogens (tertiary/aromatic N) is 1. The van der Waals surface area contributed by atoms with E-state index in [0.717, 1.165) is 32.9 Å². The molecule has 0 fully saturated rings. The molecule has 4 aromatic rings. The summed E-state index contributed by atoms with van der Waals surface area (Å²) in [6, 6.07) is 25.8. The third kappa shape index (κ3) is 2.14. The third-order valence-corrected chi connectivity index (χ3v) is 4.00. The molecule has 0 radical (unpaired) electrons. The van der Waals surface area contributed by atoms with Crippen LogP contribution in [0.5, 0.6) is 0 Å². The lowest BCUT2D eigenvalue weighted by atomic mass is 9.97. The van der Waals surface area contributed by atoms with Gasteiger partial charge in [0.15, 0.2) is 0 Å². The third-order valence-electron chi connectivity index (χ3n) is 4.00. The molecule has 3 aromatic carbocycles. The van der Waals surface area contributed by atoms with Gasteiger partial charge in [-0.1, -0.05) is 60.7 Å². The Balaban J connectivity index is 1.96. The maximum atomic E-state index is 10.7. The number of rotatable bonds is 2. The van der Waals surface area contributed by atoms with Crippen molar-refractivity contribution >= 4 is 21.8 Å². The molecule has 2 heteroatoms. The fraction of sp³-hybridized carbons (Fsp3) is 0.0500. The SMILES string of the molecule is OC(c1ccccc1)c1cccc2nc3ccccc3cc12. The van der Waals surface area contributed by atoms with E-state index in [1.54, 1.807) is 0 Å². The van der Waals surface area contributed by atoms with Crippen molar-refractivity contribution in [2.24, 2.45) is 0 Å². The highest BCUT2D eigenvalue weighted by atomic mass is 16.3. The highest BCUT2D eigenvalue weighted by Crippen LogP contribution is 2.30. The number of aliphatic hydroxyl groups excluding tert-OH is 1. The minimum Gasteiger partial charge on any atom is -0.384 e. The molecular weight excluding hydrogens is 270 g/mol. The van der Waals surface area contributed by atoms with Gasteiger partial charge in [0.2, 0.25) is 0 Å². The fourth-order valence-electron chi connectivity index (χ4n) is 2.88. The lowest BCUT2D eigenvalue weighted by molar-refractivity contribution is 0.222. The molecule has 1 atom stereocenters. The van der Waals surface area contributed by atoms with Gasteiger partial charge in [-0.3, -0.25) is 0 Å². The molecule has 1 aromatic heterocycles. The molecule has 2 nitrogen and oxygen atoms in total. The van der Waals surface area contributed by atoms with Crippen LogP contribution in [-0.4, -0.2) is 10.1 Å². The number of hydrogen-bond acceptors (Lipinski definition) is 2. The van der Waals surface area contributed by atoms with Crippen molar-refractivity contribution in [3.63, 3.8) is 0 Å². The second-order valence-electron chi connectivity index (χ2n) is 5.41. The summed E-state index contributed by atoms with van der Waals surface area (Å²) in [4.78, 5) is 4.70. The number of fused-ring (bicyclic) bond motifs is 2. The minimum absolute atomic E-state index is 0.645. The lowest BCUT2D eigenvalue weighted by Gasteiger charge is -2.14. The Morgan fingerprint density at radius 2 is 1.45 bits per heavy atom. The zero-order valence-corrected chi connectivity index (χ0v) is 12.0. The molecule has 0 aliphatic carbocycles. The van der Waals surface area contributed by atoms with Crippen molar-refractivity contribution in [1.82, 2.24) is 4.98 Å². The topological polar surface area (TPSA) is 33.1 Å². The first kappa shape index (κ1) is 13.0. The van der Waals surface area contributed by atoms with E-state index in [0.29, 0.717) is 0 Å². The second-order valence-corrected chi connectivity index (χ2v) is 5.41. The Morgan fingerprint density at radius 1 is 0.727 bits per heavy atom. The predicted octanol–water partition coefficient (Wildman–Crippen LogP) is 4.47. The van der Waals surface area contributed by atoms with Gasteiger partial charge < -0.3 is 5.11 Å². The maximum absolute atomic E-state index is 10.7. The van der Waals surface area contributed by atoms with Crippen LogP contribution < -0.4 is 0 Å². The van der Waals surface area contributed by atoms with Crippen molar-refractivity contribution in [3.05, 3.63) is 90.0 Å². The van der Waals surface area contributed by atoms with Gasteiger partial charge in [-0.2, -0.15) is 0 Å². The summed E-state index contributed by atoms with van der Waals surface area (Å²) in [5.41, 5.74) is 3.66. The maximum Gasteiger partial charge on any atom is 0.105 e. The van der Waals surface area contributed by atoms with Crippen molar-refractivity contribution in [3.8, 4) is 0 Å². The summed E-state index contributed by atoms with van der Waals surface area (Å²) in [5.74, 6) is 0. The Bertz CT molecular complexity index is 947. The van der Waals surface area contributed by atoms with Gasteiger partial charge in [-0.15, -0.1) is 0 Å². The van der Waals surface area contributed by atoms with E-state index in [9.17, 15) is 5.11 Å². The standard InChI is InChI=1S/C20H15NO/c22-20(14-7-2-1-3-8-14)16-10-6-12-19-17(16)13-15-9-4-5-11-18(15)21-19/h1-13,20,22H. The van der Waals surface area contributed by atoms with E-state index in [-0.39, 0.29) is 0 Å². The molecule has 0 spiro atoms. The van der Waals surface area contributed by atoms with E-state index in [2.05, 4.69) is 6.07 Å². The summed E-state index contributed by atoms with van der Waals surface area (Å²) >= 11 is 0. The number of para-hydroxylation sites is 1. The van der Waals surface area contributed by atoms with Gasteiger partial charge >= 0.3 is 0 Å². The van der Waals surface area contributed by atoms with Crippen LogP contribution in [-0.2, 0) is 0 Å². The van der Waals surface area contributed by atoms with Crippen LogP contribution in [0.4, 0.5) is 0 Å². The van der Waals surface area contributed by atoms with Crippen molar-refractivity contribution in [2.45, 2.75) is 6.10 Å². The monoisotopic (exact) mass is 285 g/mol. The van der Waals surface area contributed by atoms with Crippen molar-refractivity contribution < 1.29 is 5.11 Å². The number of aromatic nitrogens is 1. The molecule has 0 saturated heterocycles. The molecule has 106 valence electrons. The molecule has 0 bridgehead atoms. The quantitative estimate of drug-likeness (QED) is 0.551. The van der Waals surface area contributed by atoms with E-state index in [1.165, 1.54) is 0 Å². The number of hydrogen-bond donors (Lipinski definition) is 1. The Morgan fingerprint density at radius 3 is 2.32 bits per heavy atom. The van der Waals surface area contributed by atoms with Crippen LogP contribution in [0.1, 0.15) is 17.2 Å². The first-order valence-corrected chi connectivity index (χ1v) is 7.34. The van der Waals surface area contributed by atoms with E-state index in [1.807, 2.05) is 72.8 Å². The van der Waals surface area contributed by atoms with Crippen molar-refractivity contribution in [2.75, 3.05) is 0 Å². The minimum atomic E-state index is -0.645. The smallest absolute Gasteiger partial charge is 0.105 e. The first-order chi connectivity index (χ1) is 10.8. The molecule has 1 N–H and O–H groups in total. The summed E-state index contributed by atoms with van der Waals surface area (Å²) in [6.07, 6.45) is -0.645. The summed E-state index contributed by atoms with van der Waals surface area (Å²) in [7, 11) is 0. The molecule has 0 aliphatic heterocycles. The molecule has 0 saturated carbocycles. The normalized spacial score (nSPS) is 12.6. The van der Waals surface area contributed by atoms with Crippen LogP contribution in [0.3, 0.4) is 0 Å². The zero-order chi connectivity index (χ0) is 14.9. The number of benzene rings is 3. The predicted molar refractivity (Wildman–Crippen MR) is 89.8 cm³/mol. The highest BCUT2D eigenvalue weighted by molar-refractivity contribution is 5.94. The van der Waals surface area contributed by atoms with E-state index in [4.69, 9.17) is 4.98 Å². The fourth-order valence-corrected chi connectivity index (χ4v) is 2.88. The zero-order valence-electron chi connectivity index (χ0n) is 12.0. The molecule has 1 unspecified atom stereocenters. The number of aliphatic hydroxyl groups is 1. The van der Waals surface area contributed by atoms with E-state index < -0.39 is 6.10 Å². The van der Waals surface area contributed by atoms with Gasteiger partial charge in [-0.25, -0.2) is 4.98 Å². The van der Waals surface area contributed by atoms with E-state index >= 15 is 0 Å². The Labute approximate surface area is 128 Å². The van der Waals surface area contributed by atoms with Crippen molar-refractivity contribution in [1.29, 1.82) is 0 Å². The highest BCUT2D eigenvalue weighted by Gasteiger charge is 2.14. The summed E-state index contributed by atoms with van der Waals surface area (Å²) in [6.45, 7) is 0. The lowest BCUT2D eigenvalue weighted by Crippen LogP contribution is -2.00. The molecule has 22 heavy (non-hydrogen) atoms.